The fraction of sp³-hybridized carbons (Fsp3) is 0.471. The predicted molar refractivity (Wildman–Crippen MR) is 96.0 cm³/mol. The first-order chi connectivity index (χ1) is 11.6. The summed E-state index contributed by atoms with van der Waals surface area (Å²) in [5.74, 6) is 0.604. The third kappa shape index (κ3) is 7.19. The standard InChI is InChI=1S/C17H23FN4O2.ClH/c1-3-19-12(2)11-20-15(23)5-4-6-16-21-17(22-24-16)13-7-9-14(18)10-8-13;/h7-10,12,19H,3-6,11H2,1-2H3,(H,20,23);1H/t12-;/m1./s1. The molecule has 2 N–H and O–H groups in total. The Hall–Kier alpha value is -1.99. The van der Waals surface area contributed by atoms with Gasteiger partial charge in [-0.25, -0.2) is 4.39 Å². The number of carbonyl (C=O) groups is 1. The van der Waals surface area contributed by atoms with E-state index in [1.54, 1.807) is 12.1 Å². The summed E-state index contributed by atoms with van der Waals surface area (Å²) in [4.78, 5) is 16.0. The van der Waals surface area contributed by atoms with Crippen LogP contribution in [0.3, 0.4) is 0 Å². The molecule has 0 radical (unpaired) electrons. The highest BCUT2D eigenvalue weighted by atomic mass is 35.5. The van der Waals surface area contributed by atoms with E-state index in [-0.39, 0.29) is 30.2 Å². The Morgan fingerprint density at radius 3 is 2.72 bits per heavy atom. The van der Waals surface area contributed by atoms with Gasteiger partial charge in [0.25, 0.3) is 0 Å². The molecule has 0 unspecified atom stereocenters. The van der Waals surface area contributed by atoms with Crippen LogP contribution in [0.25, 0.3) is 11.4 Å². The van der Waals surface area contributed by atoms with E-state index < -0.39 is 0 Å². The smallest absolute Gasteiger partial charge is 0.226 e. The first kappa shape index (κ1) is 21.1. The zero-order valence-corrected chi connectivity index (χ0v) is 15.2. The maximum atomic E-state index is 12.9. The van der Waals surface area contributed by atoms with Crippen molar-refractivity contribution in [1.29, 1.82) is 0 Å². The van der Waals surface area contributed by atoms with Gasteiger partial charge in [0.2, 0.25) is 17.6 Å². The van der Waals surface area contributed by atoms with Gasteiger partial charge in [-0.3, -0.25) is 4.79 Å². The molecule has 1 atom stereocenters. The van der Waals surface area contributed by atoms with E-state index in [1.165, 1.54) is 12.1 Å². The molecule has 0 aliphatic heterocycles. The average Bonchev–Trinajstić information content (AvgIpc) is 3.03. The first-order valence-electron chi connectivity index (χ1n) is 8.17. The van der Waals surface area contributed by atoms with E-state index in [9.17, 15) is 9.18 Å². The molecule has 25 heavy (non-hydrogen) atoms. The topological polar surface area (TPSA) is 80.0 Å². The minimum atomic E-state index is -0.308. The van der Waals surface area contributed by atoms with E-state index in [2.05, 4.69) is 20.8 Å². The predicted octanol–water partition coefficient (Wildman–Crippen LogP) is 2.73. The highest BCUT2D eigenvalue weighted by Gasteiger charge is 2.10. The van der Waals surface area contributed by atoms with Gasteiger partial charge in [0, 0.05) is 31.0 Å². The van der Waals surface area contributed by atoms with Crippen molar-refractivity contribution in [2.24, 2.45) is 0 Å². The van der Waals surface area contributed by atoms with Crippen LogP contribution in [0.2, 0.25) is 0 Å². The molecule has 8 heteroatoms. The van der Waals surface area contributed by atoms with Gasteiger partial charge in [-0.1, -0.05) is 12.1 Å². The molecule has 1 amide bonds. The molecular weight excluding hydrogens is 347 g/mol. The summed E-state index contributed by atoms with van der Waals surface area (Å²) in [6, 6.07) is 6.16. The molecule has 2 aromatic rings. The van der Waals surface area contributed by atoms with E-state index in [0.29, 0.717) is 43.1 Å². The number of nitrogens with one attached hydrogen (secondary N) is 2. The number of nitrogens with zero attached hydrogens (tertiary/aromatic N) is 2. The number of aryl methyl sites for hydroxylation is 1. The molecular formula is C17H24ClFN4O2. The summed E-state index contributed by atoms with van der Waals surface area (Å²) in [5, 5.41) is 10.00. The first-order valence-corrected chi connectivity index (χ1v) is 8.17. The van der Waals surface area contributed by atoms with Gasteiger partial charge in [0.1, 0.15) is 5.82 Å². The second-order valence-corrected chi connectivity index (χ2v) is 5.63. The Bertz CT molecular complexity index is 648. The highest BCUT2D eigenvalue weighted by Crippen LogP contribution is 2.16. The summed E-state index contributed by atoms with van der Waals surface area (Å²) in [7, 11) is 0. The molecule has 0 saturated carbocycles. The van der Waals surface area contributed by atoms with E-state index in [0.717, 1.165) is 6.54 Å². The number of halogens is 2. The molecule has 1 aromatic carbocycles. The number of amides is 1. The number of aromatic nitrogens is 2. The maximum Gasteiger partial charge on any atom is 0.226 e. The van der Waals surface area contributed by atoms with Crippen molar-refractivity contribution in [2.45, 2.75) is 39.2 Å². The van der Waals surface area contributed by atoms with Crippen molar-refractivity contribution >= 4 is 18.3 Å². The van der Waals surface area contributed by atoms with Crippen molar-refractivity contribution in [3.63, 3.8) is 0 Å². The van der Waals surface area contributed by atoms with Crippen molar-refractivity contribution in [3.05, 3.63) is 36.0 Å². The zero-order valence-electron chi connectivity index (χ0n) is 14.4. The largest absolute Gasteiger partial charge is 0.355 e. The molecule has 0 spiro atoms. The van der Waals surface area contributed by atoms with Gasteiger partial charge in [-0.2, -0.15) is 4.98 Å². The Morgan fingerprint density at radius 2 is 2.04 bits per heavy atom. The number of benzene rings is 1. The van der Waals surface area contributed by atoms with Crippen LogP contribution in [0.1, 0.15) is 32.6 Å². The van der Waals surface area contributed by atoms with Crippen LogP contribution in [-0.2, 0) is 11.2 Å². The van der Waals surface area contributed by atoms with Crippen LogP contribution >= 0.6 is 12.4 Å². The van der Waals surface area contributed by atoms with Crippen molar-refractivity contribution in [1.82, 2.24) is 20.8 Å². The van der Waals surface area contributed by atoms with Crippen LogP contribution in [-0.4, -0.2) is 35.2 Å². The van der Waals surface area contributed by atoms with Gasteiger partial charge in [-0.05, 0) is 44.2 Å². The average molecular weight is 371 g/mol. The zero-order chi connectivity index (χ0) is 17.4. The highest BCUT2D eigenvalue weighted by molar-refractivity contribution is 5.85. The number of hydrogen-bond donors (Lipinski definition) is 2. The fourth-order valence-electron chi connectivity index (χ4n) is 2.25. The molecule has 138 valence electrons. The molecule has 0 aliphatic rings. The summed E-state index contributed by atoms with van der Waals surface area (Å²) in [5.41, 5.74) is 0.696. The van der Waals surface area contributed by atoms with Crippen LogP contribution in [0.4, 0.5) is 4.39 Å². The third-order valence-corrected chi connectivity index (χ3v) is 3.52. The second kappa shape index (κ2) is 10.8. The van der Waals surface area contributed by atoms with Gasteiger partial charge in [0.15, 0.2) is 0 Å². The molecule has 1 heterocycles. The van der Waals surface area contributed by atoms with Gasteiger partial charge in [-0.15, -0.1) is 12.4 Å². The lowest BCUT2D eigenvalue weighted by atomic mass is 10.2. The number of carbonyl (C=O) groups excluding carboxylic acids is 1. The fourth-order valence-corrected chi connectivity index (χ4v) is 2.25. The normalized spacial score (nSPS) is 11.6. The summed E-state index contributed by atoms with van der Waals surface area (Å²) in [6.45, 7) is 5.55. The summed E-state index contributed by atoms with van der Waals surface area (Å²) in [6.07, 6.45) is 1.57. The Morgan fingerprint density at radius 1 is 1.32 bits per heavy atom. The molecule has 0 bridgehead atoms. The number of rotatable bonds is 9. The van der Waals surface area contributed by atoms with Crippen LogP contribution < -0.4 is 10.6 Å². The van der Waals surface area contributed by atoms with Crippen LogP contribution in [0, 0.1) is 5.82 Å². The quantitative estimate of drug-likeness (QED) is 0.709. The molecule has 6 nitrogen and oxygen atoms in total. The molecule has 1 aromatic heterocycles. The monoisotopic (exact) mass is 370 g/mol. The lowest BCUT2D eigenvalue weighted by Gasteiger charge is -2.12. The van der Waals surface area contributed by atoms with Crippen molar-refractivity contribution in [2.75, 3.05) is 13.1 Å². The number of likely N-dealkylation sites (N-methyl/N-ethyl adjacent to an activating group) is 1. The molecule has 0 saturated heterocycles. The Kier molecular flexibility index (Phi) is 9.08. The van der Waals surface area contributed by atoms with Crippen molar-refractivity contribution < 1.29 is 13.7 Å². The Labute approximate surface area is 153 Å². The van der Waals surface area contributed by atoms with Gasteiger partial charge >= 0.3 is 0 Å². The van der Waals surface area contributed by atoms with E-state index in [1.807, 2.05) is 13.8 Å². The van der Waals surface area contributed by atoms with Crippen LogP contribution in [0.15, 0.2) is 28.8 Å². The van der Waals surface area contributed by atoms with Gasteiger partial charge < -0.3 is 15.2 Å². The van der Waals surface area contributed by atoms with Crippen molar-refractivity contribution in [3.8, 4) is 11.4 Å². The summed E-state index contributed by atoms with van der Waals surface area (Å²) >= 11 is 0. The number of hydrogen-bond acceptors (Lipinski definition) is 5. The Balaban J connectivity index is 0.00000312. The lowest BCUT2D eigenvalue weighted by molar-refractivity contribution is -0.121. The molecule has 0 aliphatic carbocycles. The van der Waals surface area contributed by atoms with Crippen LogP contribution in [0.5, 0.6) is 0 Å². The maximum absolute atomic E-state index is 12.9. The van der Waals surface area contributed by atoms with E-state index >= 15 is 0 Å². The third-order valence-electron chi connectivity index (χ3n) is 3.52. The lowest BCUT2D eigenvalue weighted by Crippen LogP contribution is -2.38. The minimum Gasteiger partial charge on any atom is -0.355 e. The van der Waals surface area contributed by atoms with E-state index in [4.69, 9.17) is 4.52 Å². The van der Waals surface area contributed by atoms with Gasteiger partial charge in [0.05, 0.1) is 0 Å². The summed E-state index contributed by atoms with van der Waals surface area (Å²) < 4.78 is 18.1. The molecule has 0 fully saturated rings. The molecule has 2 rings (SSSR count). The second-order valence-electron chi connectivity index (χ2n) is 5.63. The SMILES string of the molecule is CCN[C@H](C)CNC(=O)CCCc1nc(-c2ccc(F)cc2)no1.Cl. The minimum absolute atomic E-state index is 0.